The summed E-state index contributed by atoms with van der Waals surface area (Å²) in [6, 6.07) is 9.71. The van der Waals surface area contributed by atoms with Gasteiger partial charge in [-0.25, -0.2) is 4.52 Å². The summed E-state index contributed by atoms with van der Waals surface area (Å²) < 4.78 is 29.5. The highest BCUT2D eigenvalue weighted by Gasteiger charge is 2.69. The van der Waals surface area contributed by atoms with E-state index >= 15 is 0 Å². The van der Waals surface area contributed by atoms with Gasteiger partial charge >= 0.3 is 5.88 Å². The number of nitrogens with one attached hydrogen (secondary N) is 1. The maximum atomic E-state index is 13.9. The highest BCUT2D eigenvalue weighted by Crippen LogP contribution is 2.59. The number of H-pyrrole nitrogens is 1. The summed E-state index contributed by atoms with van der Waals surface area (Å²) in [6.45, 7) is 3.16. The Balaban J connectivity index is 1.42. The number of aromatic amines is 1. The molecule has 1 N–H and O–H groups in total. The van der Waals surface area contributed by atoms with Gasteiger partial charge in [0.2, 0.25) is 11.5 Å². The minimum atomic E-state index is -1.13. The van der Waals surface area contributed by atoms with Crippen LogP contribution in [-0.4, -0.2) is 55.8 Å². The minimum Gasteiger partial charge on any atom is -0.498 e. The molecule has 1 aliphatic carbocycles. The molecule has 1 unspecified atom stereocenters. The highest BCUT2D eigenvalue weighted by atomic mass is 16.6. The van der Waals surface area contributed by atoms with Gasteiger partial charge in [-0.2, -0.15) is 0 Å². The van der Waals surface area contributed by atoms with E-state index in [1.54, 1.807) is 7.11 Å². The van der Waals surface area contributed by atoms with Crippen LogP contribution < -0.4 is 9.89 Å². The second kappa shape index (κ2) is 7.19. The van der Waals surface area contributed by atoms with E-state index in [1.807, 2.05) is 36.4 Å². The molecule has 1 aromatic carbocycles. The van der Waals surface area contributed by atoms with Gasteiger partial charge in [-0.1, -0.05) is 30.3 Å². The number of aromatic nitrogens is 1. The fraction of sp³-hybridized carbons (Fsp3) is 0.478. The molecule has 2 fully saturated rings. The quantitative estimate of drug-likeness (QED) is 0.724. The standard InChI is InChI=1S/C23H24N2O6/c1-27-17-12-15-11-16-19(25-7-9-28-10-8-25)20-18(21(26)23(16,17)30-15)22(24-31-20)29-13-14-5-3-2-4-6-14/h2-6,12,15-16,19H,7-11,13H2,1H3/p+1/t15-,16?,19+,23+/m1/s1. The summed E-state index contributed by atoms with van der Waals surface area (Å²) in [4.78, 5) is 16.2. The third-order valence-corrected chi connectivity index (χ3v) is 6.88. The van der Waals surface area contributed by atoms with Crippen molar-refractivity contribution in [2.75, 3.05) is 33.4 Å². The summed E-state index contributed by atoms with van der Waals surface area (Å²) in [5, 5.41) is 2.87. The SMILES string of the molecule is COC1=C[C@H]2CC3[C@H](N4CCOCC4)c4o[nH+]c(OCc5ccccc5)c4C(=O)[C@@]13O2. The average molecular weight is 425 g/mol. The lowest BCUT2D eigenvalue weighted by molar-refractivity contribution is -0.617. The average Bonchev–Trinajstić information content (AvgIpc) is 3.51. The monoisotopic (exact) mass is 425 g/mol. The van der Waals surface area contributed by atoms with Crippen molar-refractivity contribution in [1.82, 2.24) is 4.90 Å². The van der Waals surface area contributed by atoms with Gasteiger partial charge in [0.05, 0.1) is 32.5 Å². The first-order chi connectivity index (χ1) is 15.2. The molecule has 0 amide bonds. The van der Waals surface area contributed by atoms with E-state index in [0.29, 0.717) is 42.8 Å². The van der Waals surface area contributed by atoms with Crippen molar-refractivity contribution in [3.63, 3.8) is 0 Å². The Morgan fingerprint density at radius 2 is 2.03 bits per heavy atom. The van der Waals surface area contributed by atoms with E-state index in [0.717, 1.165) is 25.1 Å². The highest BCUT2D eigenvalue weighted by molar-refractivity contribution is 6.08. The molecule has 8 nitrogen and oxygen atoms in total. The minimum absolute atomic E-state index is 0.0860. The predicted octanol–water partition coefficient (Wildman–Crippen LogP) is 1.93. The van der Waals surface area contributed by atoms with Crippen LogP contribution in [0.25, 0.3) is 0 Å². The molecule has 1 spiro atoms. The van der Waals surface area contributed by atoms with Gasteiger partial charge in [0.1, 0.15) is 12.4 Å². The van der Waals surface area contributed by atoms with Crippen molar-refractivity contribution in [3.05, 3.63) is 59.1 Å². The number of methoxy groups -OCH3 is 1. The van der Waals surface area contributed by atoms with E-state index in [9.17, 15) is 4.79 Å². The Bertz CT molecular complexity index is 1030. The molecule has 31 heavy (non-hydrogen) atoms. The molecule has 2 bridgehead atoms. The van der Waals surface area contributed by atoms with Gasteiger partial charge in [-0.3, -0.25) is 9.69 Å². The van der Waals surface area contributed by atoms with Crippen LogP contribution in [0.15, 0.2) is 46.7 Å². The number of benzene rings is 1. The van der Waals surface area contributed by atoms with Crippen molar-refractivity contribution in [3.8, 4) is 5.88 Å². The van der Waals surface area contributed by atoms with Gasteiger partial charge in [-0.05, 0) is 18.1 Å². The van der Waals surface area contributed by atoms with Crippen molar-refractivity contribution in [2.45, 2.75) is 30.8 Å². The van der Waals surface area contributed by atoms with Gasteiger partial charge in [0, 0.05) is 24.2 Å². The second-order valence-corrected chi connectivity index (χ2v) is 8.44. The van der Waals surface area contributed by atoms with Crippen LogP contribution >= 0.6 is 0 Å². The van der Waals surface area contributed by atoms with Crippen LogP contribution in [-0.2, 0) is 20.8 Å². The van der Waals surface area contributed by atoms with E-state index in [4.69, 9.17) is 23.5 Å². The van der Waals surface area contributed by atoms with Crippen molar-refractivity contribution in [2.24, 2.45) is 5.92 Å². The number of morpholine rings is 1. The largest absolute Gasteiger partial charge is 0.498 e. The Hall–Kier alpha value is -2.68. The first-order valence-corrected chi connectivity index (χ1v) is 10.7. The number of rotatable bonds is 5. The summed E-state index contributed by atoms with van der Waals surface area (Å²) in [6.07, 6.45) is 2.56. The molecular formula is C23H25N2O6+. The molecule has 4 heterocycles. The van der Waals surface area contributed by atoms with Crippen LogP contribution in [0.4, 0.5) is 0 Å². The fourth-order valence-corrected chi connectivity index (χ4v) is 5.54. The Morgan fingerprint density at radius 3 is 2.81 bits per heavy atom. The lowest BCUT2D eigenvalue weighted by Crippen LogP contribution is -2.55. The molecular weight excluding hydrogens is 400 g/mol. The molecule has 2 aromatic rings. The molecule has 4 atom stereocenters. The molecule has 0 radical (unpaired) electrons. The molecule has 3 aliphatic heterocycles. The van der Waals surface area contributed by atoms with Crippen LogP contribution in [0.5, 0.6) is 5.88 Å². The number of hydrogen-bond donors (Lipinski definition) is 0. The number of carbonyl (C=O) groups excluding carboxylic acids is 1. The maximum Gasteiger partial charge on any atom is 0.424 e. The van der Waals surface area contributed by atoms with Crippen molar-refractivity contribution in [1.29, 1.82) is 0 Å². The van der Waals surface area contributed by atoms with Crippen LogP contribution in [0.1, 0.15) is 34.1 Å². The molecule has 8 heteroatoms. The second-order valence-electron chi connectivity index (χ2n) is 8.44. The third-order valence-electron chi connectivity index (χ3n) is 6.88. The Labute approximate surface area is 179 Å². The molecule has 0 saturated carbocycles. The van der Waals surface area contributed by atoms with Crippen LogP contribution in [0.2, 0.25) is 0 Å². The van der Waals surface area contributed by atoms with Crippen molar-refractivity contribution >= 4 is 5.78 Å². The summed E-state index contributed by atoms with van der Waals surface area (Å²) >= 11 is 0. The molecule has 2 saturated heterocycles. The Kier molecular flexibility index (Phi) is 4.41. The fourth-order valence-electron chi connectivity index (χ4n) is 5.54. The lowest BCUT2D eigenvalue weighted by Gasteiger charge is -2.44. The molecule has 6 rings (SSSR count). The number of Topliss-reactive ketones (excluding diaryl/α,β-unsaturated/α-hetero) is 1. The third kappa shape index (κ3) is 2.71. The van der Waals surface area contributed by atoms with Gasteiger partial charge in [0.15, 0.2) is 11.2 Å². The van der Waals surface area contributed by atoms with Crippen LogP contribution in [0.3, 0.4) is 0 Å². The summed E-state index contributed by atoms with van der Waals surface area (Å²) in [7, 11) is 1.60. The van der Waals surface area contributed by atoms with E-state index in [1.165, 1.54) is 0 Å². The summed E-state index contributed by atoms with van der Waals surface area (Å²) in [5.41, 5.74) is 0.303. The predicted molar refractivity (Wildman–Crippen MR) is 106 cm³/mol. The molecule has 1 aromatic heterocycles. The normalized spacial score (nSPS) is 31.8. The number of ketones is 1. The smallest absolute Gasteiger partial charge is 0.424 e. The van der Waals surface area contributed by atoms with Crippen molar-refractivity contribution < 1.29 is 33.4 Å². The zero-order valence-corrected chi connectivity index (χ0v) is 17.3. The Morgan fingerprint density at radius 1 is 1.23 bits per heavy atom. The molecule has 4 aliphatic rings. The maximum absolute atomic E-state index is 13.9. The lowest BCUT2D eigenvalue weighted by atomic mass is 9.67. The van der Waals surface area contributed by atoms with Gasteiger partial charge in [-0.15, -0.1) is 0 Å². The van der Waals surface area contributed by atoms with E-state index in [2.05, 4.69) is 10.1 Å². The first-order valence-electron chi connectivity index (χ1n) is 10.7. The summed E-state index contributed by atoms with van der Waals surface area (Å²) in [5.74, 6) is 1.31. The first kappa shape index (κ1) is 19.0. The van der Waals surface area contributed by atoms with E-state index in [-0.39, 0.29) is 23.8 Å². The van der Waals surface area contributed by atoms with Crippen LogP contribution in [0, 0.1) is 5.92 Å². The van der Waals surface area contributed by atoms with Gasteiger partial charge < -0.3 is 18.9 Å². The molecule has 162 valence electrons. The number of ether oxygens (including phenoxy) is 4. The zero-order chi connectivity index (χ0) is 21.0. The van der Waals surface area contributed by atoms with E-state index < -0.39 is 5.60 Å². The van der Waals surface area contributed by atoms with Gasteiger partial charge in [0.25, 0.3) is 0 Å². The number of carbonyl (C=O) groups is 1. The number of nitrogens with zero attached hydrogens (tertiary/aromatic N) is 1. The number of fused-ring (bicyclic) bond motifs is 2. The topological polar surface area (TPSA) is 84.5 Å². The number of hydrogen-bond acceptors (Lipinski definition) is 7. The zero-order valence-electron chi connectivity index (χ0n) is 17.3.